The van der Waals surface area contributed by atoms with Gasteiger partial charge in [-0.2, -0.15) is 0 Å². The van der Waals surface area contributed by atoms with Crippen LogP contribution in [0.25, 0.3) is 0 Å². The summed E-state index contributed by atoms with van der Waals surface area (Å²) in [5.41, 5.74) is 7.30. The smallest absolute Gasteiger partial charge is 0.0312 e. The van der Waals surface area contributed by atoms with Crippen LogP contribution in [0, 0.1) is 11.8 Å². The molecule has 0 radical (unpaired) electrons. The van der Waals surface area contributed by atoms with E-state index in [0.717, 1.165) is 19.0 Å². The fraction of sp³-hybridized carbons (Fsp3) is 0.706. The van der Waals surface area contributed by atoms with E-state index in [2.05, 4.69) is 29.9 Å². The quantitative estimate of drug-likeness (QED) is 0.867. The molecule has 1 aromatic heterocycles. The zero-order valence-electron chi connectivity index (χ0n) is 13.0. The van der Waals surface area contributed by atoms with E-state index in [1.54, 1.807) is 0 Å². The molecule has 3 unspecified atom stereocenters. The van der Waals surface area contributed by atoms with E-state index in [4.69, 9.17) is 5.73 Å². The summed E-state index contributed by atoms with van der Waals surface area (Å²) in [6.45, 7) is 4.10. The summed E-state index contributed by atoms with van der Waals surface area (Å²) in [6.07, 6.45) is 10.5. The Morgan fingerprint density at radius 2 is 2.25 bits per heavy atom. The third kappa shape index (κ3) is 4.03. The Bertz CT molecular complexity index is 379. The minimum atomic E-state index is 0.630. The first-order valence-electron chi connectivity index (χ1n) is 8.03. The number of aromatic nitrogens is 1. The first kappa shape index (κ1) is 15.5. The van der Waals surface area contributed by atoms with Gasteiger partial charge in [0.05, 0.1) is 0 Å². The molecule has 3 heteroatoms. The second kappa shape index (κ2) is 7.75. The van der Waals surface area contributed by atoms with Crippen LogP contribution in [0.2, 0.25) is 0 Å². The maximum absolute atomic E-state index is 6.01. The molecule has 1 saturated carbocycles. The normalized spacial score (nSPS) is 26.9. The molecule has 1 aliphatic rings. The van der Waals surface area contributed by atoms with Crippen LogP contribution in [-0.2, 0) is 6.54 Å². The van der Waals surface area contributed by atoms with Crippen LogP contribution < -0.4 is 5.73 Å². The van der Waals surface area contributed by atoms with Gasteiger partial charge in [-0.05, 0) is 49.9 Å². The maximum Gasteiger partial charge on any atom is 0.0312 e. The minimum Gasteiger partial charge on any atom is -0.330 e. The second-order valence-corrected chi connectivity index (χ2v) is 6.31. The molecular weight excluding hydrogens is 246 g/mol. The van der Waals surface area contributed by atoms with Gasteiger partial charge in [0.1, 0.15) is 0 Å². The van der Waals surface area contributed by atoms with Gasteiger partial charge in [-0.25, -0.2) is 0 Å². The largest absolute Gasteiger partial charge is 0.330 e. The van der Waals surface area contributed by atoms with Crippen molar-refractivity contribution in [2.45, 2.75) is 51.6 Å². The van der Waals surface area contributed by atoms with Gasteiger partial charge in [-0.3, -0.25) is 9.88 Å². The van der Waals surface area contributed by atoms with E-state index < -0.39 is 0 Å². The lowest BCUT2D eigenvalue weighted by atomic mass is 9.76. The summed E-state index contributed by atoms with van der Waals surface area (Å²) in [5.74, 6) is 1.55. The summed E-state index contributed by atoms with van der Waals surface area (Å²) < 4.78 is 0. The molecule has 0 bridgehead atoms. The molecule has 112 valence electrons. The van der Waals surface area contributed by atoms with Crippen molar-refractivity contribution in [1.82, 2.24) is 9.88 Å². The summed E-state index contributed by atoms with van der Waals surface area (Å²) >= 11 is 0. The number of nitrogens with two attached hydrogens (primary N) is 1. The van der Waals surface area contributed by atoms with Gasteiger partial charge in [0.15, 0.2) is 0 Å². The molecule has 0 saturated heterocycles. The number of hydrogen-bond acceptors (Lipinski definition) is 3. The molecule has 20 heavy (non-hydrogen) atoms. The number of hydrogen-bond donors (Lipinski definition) is 1. The van der Waals surface area contributed by atoms with Crippen molar-refractivity contribution < 1.29 is 0 Å². The van der Waals surface area contributed by atoms with Crippen molar-refractivity contribution in [2.75, 3.05) is 13.6 Å². The van der Waals surface area contributed by atoms with Crippen LogP contribution >= 0.6 is 0 Å². The molecule has 0 spiro atoms. The SMILES string of the molecule is CCCC1CCC(CN)C(N(C)Cc2cccnc2)C1. The van der Waals surface area contributed by atoms with Gasteiger partial charge in [-0.1, -0.05) is 32.3 Å². The van der Waals surface area contributed by atoms with Crippen molar-refractivity contribution in [3.05, 3.63) is 30.1 Å². The number of rotatable bonds is 6. The molecule has 1 heterocycles. The molecule has 0 aromatic carbocycles. The molecule has 0 aliphatic heterocycles. The number of nitrogens with zero attached hydrogens (tertiary/aromatic N) is 2. The van der Waals surface area contributed by atoms with Gasteiger partial charge in [-0.15, -0.1) is 0 Å². The average Bonchev–Trinajstić information content (AvgIpc) is 2.48. The maximum atomic E-state index is 6.01. The summed E-state index contributed by atoms with van der Waals surface area (Å²) in [5, 5.41) is 0. The van der Waals surface area contributed by atoms with E-state index in [9.17, 15) is 0 Å². The Labute approximate surface area is 123 Å². The fourth-order valence-electron chi connectivity index (χ4n) is 3.68. The average molecular weight is 275 g/mol. The standard InChI is InChI=1S/C17H29N3/c1-3-5-14-7-8-16(11-18)17(10-14)20(2)13-15-6-4-9-19-12-15/h4,6,9,12,14,16-17H,3,5,7-8,10-11,13,18H2,1-2H3. The predicted octanol–water partition coefficient (Wildman–Crippen LogP) is 3.06. The fourth-order valence-corrected chi connectivity index (χ4v) is 3.68. The summed E-state index contributed by atoms with van der Waals surface area (Å²) in [4.78, 5) is 6.71. The number of pyridine rings is 1. The lowest BCUT2D eigenvalue weighted by Crippen LogP contribution is -2.44. The Morgan fingerprint density at radius 3 is 2.90 bits per heavy atom. The van der Waals surface area contributed by atoms with Crippen molar-refractivity contribution >= 4 is 0 Å². The van der Waals surface area contributed by atoms with Gasteiger partial charge in [0.2, 0.25) is 0 Å². The van der Waals surface area contributed by atoms with Crippen LogP contribution in [0.4, 0.5) is 0 Å². The first-order chi connectivity index (χ1) is 9.74. The minimum absolute atomic E-state index is 0.630. The van der Waals surface area contributed by atoms with E-state index in [1.165, 1.54) is 37.7 Å². The van der Waals surface area contributed by atoms with E-state index in [1.807, 2.05) is 18.5 Å². The van der Waals surface area contributed by atoms with Crippen molar-refractivity contribution in [3.63, 3.8) is 0 Å². The summed E-state index contributed by atoms with van der Waals surface area (Å²) in [7, 11) is 2.24. The summed E-state index contributed by atoms with van der Waals surface area (Å²) in [6, 6.07) is 4.81. The Balaban J connectivity index is 1.98. The molecule has 1 aromatic rings. The molecule has 3 atom stereocenters. The van der Waals surface area contributed by atoms with E-state index >= 15 is 0 Å². The highest BCUT2D eigenvalue weighted by atomic mass is 15.1. The highest BCUT2D eigenvalue weighted by Crippen LogP contribution is 2.34. The van der Waals surface area contributed by atoms with Gasteiger partial charge in [0.25, 0.3) is 0 Å². The predicted molar refractivity (Wildman–Crippen MR) is 84.3 cm³/mol. The molecule has 1 fully saturated rings. The molecule has 2 N–H and O–H groups in total. The van der Waals surface area contributed by atoms with Crippen LogP contribution in [0.5, 0.6) is 0 Å². The monoisotopic (exact) mass is 275 g/mol. The lowest BCUT2D eigenvalue weighted by Gasteiger charge is -2.41. The molecule has 1 aliphatic carbocycles. The molecule has 2 rings (SSSR count). The Kier molecular flexibility index (Phi) is 5.99. The van der Waals surface area contributed by atoms with E-state index in [-0.39, 0.29) is 0 Å². The van der Waals surface area contributed by atoms with Gasteiger partial charge >= 0.3 is 0 Å². The third-order valence-corrected chi connectivity index (χ3v) is 4.79. The highest BCUT2D eigenvalue weighted by Gasteiger charge is 2.31. The van der Waals surface area contributed by atoms with Crippen molar-refractivity contribution in [1.29, 1.82) is 0 Å². The van der Waals surface area contributed by atoms with Crippen LogP contribution in [0.15, 0.2) is 24.5 Å². The molecule has 3 nitrogen and oxygen atoms in total. The highest BCUT2D eigenvalue weighted by molar-refractivity contribution is 5.08. The zero-order valence-corrected chi connectivity index (χ0v) is 13.0. The molecule has 0 amide bonds. The lowest BCUT2D eigenvalue weighted by molar-refractivity contribution is 0.0946. The van der Waals surface area contributed by atoms with Crippen LogP contribution in [-0.4, -0.2) is 29.5 Å². The van der Waals surface area contributed by atoms with E-state index in [0.29, 0.717) is 12.0 Å². The zero-order chi connectivity index (χ0) is 14.4. The topological polar surface area (TPSA) is 42.1 Å². The van der Waals surface area contributed by atoms with Gasteiger partial charge < -0.3 is 5.73 Å². The third-order valence-electron chi connectivity index (χ3n) is 4.79. The first-order valence-corrected chi connectivity index (χ1v) is 8.03. The Morgan fingerprint density at radius 1 is 1.40 bits per heavy atom. The van der Waals surface area contributed by atoms with Crippen molar-refractivity contribution in [3.8, 4) is 0 Å². The second-order valence-electron chi connectivity index (χ2n) is 6.31. The molecular formula is C17H29N3. The van der Waals surface area contributed by atoms with Crippen LogP contribution in [0.1, 0.15) is 44.6 Å². The van der Waals surface area contributed by atoms with Crippen molar-refractivity contribution in [2.24, 2.45) is 17.6 Å². The van der Waals surface area contributed by atoms with Gasteiger partial charge in [0, 0.05) is 25.0 Å². The Hall–Kier alpha value is -0.930. The van der Waals surface area contributed by atoms with Crippen LogP contribution in [0.3, 0.4) is 0 Å².